The molecule has 150 valence electrons. The Morgan fingerprint density at radius 1 is 1.25 bits per heavy atom. The lowest BCUT2D eigenvalue weighted by atomic mass is 10.1. The number of ether oxygens (including phenoxy) is 2. The van der Waals surface area contributed by atoms with Gasteiger partial charge in [-0.25, -0.2) is 9.59 Å². The molecule has 2 rings (SSSR count). The quantitative estimate of drug-likeness (QED) is 0.467. The van der Waals surface area contributed by atoms with Crippen molar-refractivity contribution in [3.05, 3.63) is 27.9 Å². The van der Waals surface area contributed by atoms with Crippen molar-refractivity contribution in [3.8, 4) is 0 Å². The summed E-state index contributed by atoms with van der Waals surface area (Å²) in [5, 5.41) is 10.1. The lowest BCUT2D eigenvalue weighted by Crippen LogP contribution is -2.22. The molecule has 2 aromatic rings. The number of carbonyl (C=O) groups is 3. The van der Waals surface area contributed by atoms with Gasteiger partial charge in [0, 0.05) is 12.7 Å². The minimum Gasteiger partial charge on any atom is -0.465 e. The predicted octanol–water partition coefficient (Wildman–Crippen LogP) is 1.75. The van der Waals surface area contributed by atoms with Gasteiger partial charge in [0.1, 0.15) is 9.88 Å². The molecule has 4 N–H and O–H groups in total. The first-order valence-corrected chi connectivity index (χ1v) is 9.21. The zero-order valence-corrected chi connectivity index (χ0v) is 17.2. The highest BCUT2D eigenvalue weighted by Gasteiger charge is 2.26. The molecule has 0 aliphatic carbocycles. The summed E-state index contributed by atoms with van der Waals surface area (Å²) in [5.41, 5.74) is 6.24. The van der Waals surface area contributed by atoms with E-state index in [0.29, 0.717) is 22.8 Å². The number of primary amides is 1. The fourth-order valence-corrected chi connectivity index (χ4v) is 3.74. The second kappa shape index (κ2) is 8.80. The molecule has 0 spiro atoms. The van der Waals surface area contributed by atoms with Crippen LogP contribution in [-0.4, -0.2) is 47.0 Å². The standard InChI is InChI=1S/C16H19N5O5S2/c1-5-21-6-8(10(20-21)12(17)22)18-16(27)19-13-9(14(23)25-3)7(2)11(28-13)15(24)26-4/h6H,5H2,1-4H3,(H2,17,22)(H2,18,19,27). The van der Waals surface area contributed by atoms with Crippen molar-refractivity contribution in [2.45, 2.75) is 20.4 Å². The molecule has 0 radical (unpaired) electrons. The average molecular weight is 425 g/mol. The maximum absolute atomic E-state index is 12.2. The second-order valence-electron chi connectivity index (χ2n) is 5.43. The van der Waals surface area contributed by atoms with Gasteiger partial charge in [0.05, 0.1) is 25.5 Å². The number of thiocarbonyl (C=S) groups is 1. The van der Waals surface area contributed by atoms with E-state index < -0.39 is 17.8 Å². The van der Waals surface area contributed by atoms with Crippen LogP contribution in [0.25, 0.3) is 0 Å². The zero-order valence-electron chi connectivity index (χ0n) is 15.6. The number of nitrogens with two attached hydrogens (primary N) is 1. The number of nitrogens with one attached hydrogen (secondary N) is 2. The topological polar surface area (TPSA) is 138 Å². The lowest BCUT2D eigenvalue weighted by Gasteiger charge is -2.10. The molecule has 0 fully saturated rings. The summed E-state index contributed by atoms with van der Waals surface area (Å²) >= 11 is 6.26. The maximum Gasteiger partial charge on any atom is 0.348 e. The van der Waals surface area contributed by atoms with E-state index in [2.05, 4.69) is 15.7 Å². The number of hydrogen-bond donors (Lipinski definition) is 3. The first-order valence-electron chi connectivity index (χ1n) is 7.98. The van der Waals surface area contributed by atoms with E-state index in [0.717, 1.165) is 11.3 Å². The fraction of sp³-hybridized carbons (Fsp3) is 0.312. The largest absolute Gasteiger partial charge is 0.465 e. The van der Waals surface area contributed by atoms with Crippen LogP contribution >= 0.6 is 23.6 Å². The summed E-state index contributed by atoms with van der Waals surface area (Å²) in [6.07, 6.45) is 1.58. The molecule has 0 bridgehead atoms. The third-order valence-electron chi connectivity index (χ3n) is 3.70. The van der Waals surface area contributed by atoms with Crippen LogP contribution in [0.1, 0.15) is 43.0 Å². The molecule has 0 aliphatic heterocycles. The van der Waals surface area contributed by atoms with E-state index in [-0.39, 0.29) is 21.2 Å². The third-order valence-corrected chi connectivity index (χ3v) is 5.09. The molecular weight excluding hydrogens is 406 g/mol. The normalized spacial score (nSPS) is 10.3. The average Bonchev–Trinajstić information content (AvgIpc) is 3.21. The van der Waals surface area contributed by atoms with Crippen molar-refractivity contribution in [2.75, 3.05) is 24.9 Å². The van der Waals surface area contributed by atoms with Gasteiger partial charge < -0.3 is 25.8 Å². The molecule has 0 aromatic carbocycles. The minimum atomic E-state index is -0.715. The van der Waals surface area contributed by atoms with Crippen molar-refractivity contribution in [1.82, 2.24) is 9.78 Å². The minimum absolute atomic E-state index is 0.0248. The third kappa shape index (κ3) is 4.28. The van der Waals surface area contributed by atoms with Gasteiger partial charge in [0.15, 0.2) is 10.8 Å². The van der Waals surface area contributed by atoms with Gasteiger partial charge in [-0.2, -0.15) is 5.10 Å². The second-order valence-corrected chi connectivity index (χ2v) is 6.86. The van der Waals surface area contributed by atoms with Crippen LogP contribution < -0.4 is 16.4 Å². The Balaban J connectivity index is 2.34. The monoisotopic (exact) mass is 425 g/mol. The van der Waals surface area contributed by atoms with Gasteiger partial charge in [-0.3, -0.25) is 9.48 Å². The Morgan fingerprint density at radius 3 is 2.43 bits per heavy atom. The highest BCUT2D eigenvalue weighted by atomic mass is 32.1. The van der Waals surface area contributed by atoms with E-state index in [4.69, 9.17) is 27.4 Å². The first-order chi connectivity index (χ1) is 13.2. The molecule has 0 saturated heterocycles. The van der Waals surface area contributed by atoms with Gasteiger partial charge in [0.25, 0.3) is 5.91 Å². The van der Waals surface area contributed by atoms with Crippen LogP contribution in [0.3, 0.4) is 0 Å². The molecule has 0 saturated carbocycles. The molecule has 0 unspecified atom stereocenters. The van der Waals surface area contributed by atoms with E-state index >= 15 is 0 Å². The smallest absolute Gasteiger partial charge is 0.348 e. The van der Waals surface area contributed by atoms with Crippen LogP contribution in [0.4, 0.5) is 10.7 Å². The highest BCUT2D eigenvalue weighted by molar-refractivity contribution is 7.80. The van der Waals surface area contributed by atoms with E-state index in [1.54, 1.807) is 13.1 Å². The number of nitrogens with zero attached hydrogens (tertiary/aromatic N) is 2. The van der Waals surface area contributed by atoms with E-state index in [9.17, 15) is 14.4 Å². The van der Waals surface area contributed by atoms with E-state index in [1.807, 2.05) is 6.92 Å². The number of esters is 2. The molecule has 2 heterocycles. The molecule has 2 aromatic heterocycles. The SMILES string of the molecule is CCn1cc(NC(=S)Nc2sc(C(=O)OC)c(C)c2C(=O)OC)c(C(N)=O)n1. The van der Waals surface area contributed by atoms with Crippen molar-refractivity contribution in [2.24, 2.45) is 5.73 Å². The van der Waals surface area contributed by atoms with Gasteiger partial charge in [0.2, 0.25) is 0 Å². The zero-order chi connectivity index (χ0) is 21.0. The number of hydrogen-bond acceptors (Lipinski definition) is 8. The Hall–Kier alpha value is -2.99. The van der Waals surface area contributed by atoms with Crippen LogP contribution in [0.2, 0.25) is 0 Å². The van der Waals surface area contributed by atoms with Crippen LogP contribution in [0.15, 0.2) is 6.20 Å². The molecule has 1 amide bonds. The van der Waals surface area contributed by atoms with Crippen molar-refractivity contribution >= 4 is 57.2 Å². The Kier molecular flexibility index (Phi) is 6.70. The van der Waals surface area contributed by atoms with E-state index in [1.165, 1.54) is 18.9 Å². The number of aromatic nitrogens is 2. The summed E-state index contributed by atoms with van der Waals surface area (Å²) in [7, 11) is 2.48. The molecule has 10 nitrogen and oxygen atoms in total. The molecule has 0 aliphatic rings. The number of anilines is 2. The number of aryl methyl sites for hydroxylation is 1. The summed E-state index contributed by atoms with van der Waals surface area (Å²) in [6, 6.07) is 0. The first kappa shape index (κ1) is 21.3. The van der Waals surface area contributed by atoms with Gasteiger partial charge in [-0.1, -0.05) is 0 Å². The molecule has 0 atom stereocenters. The Morgan fingerprint density at radius 2 is 1.89 bits per heavy atom. The van der Waals surface area contributed by atoms with Gasteiger partial charge >= 0.3 is 11.9 Å². The molecule has 28 heavy (non-hydrogen) atoms. The summed E-state index contributed by atoms with van der Waals surface area (Å²) in [4.78, 5) is 35.9. The maximum atomic E-state index is 12.2. The fourth-order valence-electron chi connectivity index (χ4n) is 2.35. The van der Waals surface area contributed by atoms with Gasteiger partial charge in [-0.05, 0) is 31.6 Å². The Labute approximate surface area is 170 Å². The number of methoxy groups -OCH3 is 2. The molecular formula is C16H19N5O5S2. The molecule has 12 heteroatoms. The summed E-state index contributed by atoms with van der Waals surface area (Å²) < 4.78 is 11.1. The Bertz CT molecular complexity index is 950. The predicted molar refractivity (Wildman–Crippen MR) is 108 cm³/mol. The summed E-state index contributed by atoms with van der Waals surface area (Å²) in [5.74, 6) is -1.93. The van der Waals surface area contributed by atoms with Crippen molar-refractivity contribution < 1.29 is 23.9 Å². The number of carbonyl (C=O) groups excluding carboxylic acids is 3. The van der Waals surface area contributed by atoms with Crippen molar-refractivity contribution in [3.63, 3.8) is 0 Å². The highest BCUT2D eigenvalue weighted by Crippen LogP contribution is 2.34. The number of rotatable bonds is 6. The van der Waals surface area contributed by atoms with Crippen LogP contribution in [0.5, 0.6) is 0 Å². The number of amides is 1. The van der Waals surface area contributed by atoms with Crippen molar-refractivity contribution in [1.29, 1.82) is 0 Å². The summed E-state index contributed by atoms with van der Waals surface area (Å²) in [6.45, 7) is 3.98. The van der Waals surface area contributed by atoms with Gasteiger partial charge in [-0.15, -0.1) is 11.3 Å². The number of thiophene rings is 1. The van der Waals surface area contributed by atoms with Crippen LogP contribution in [-0.2, 0) is 16.0 Å². The lowest BCUT2D eigenvalue weighted by molar-refractivity contribution is 0.0601. The van der Waals surface area contributed by atoms with Crippen LogP contribution in [0, 0.1) is 6.92 Å².